The Morgan fingerprint density at radius 3 is 2.29 bits per heavy atom. The molecule has 478 valence electrons. The number of ether oxygens (including phenoxy) is 2. The molecule has 33 heteroatoms. The van der Waals surface area contributed by atoms with Gasteiger partial charge in [-0.15, -0.1) is 0 Å². The molecule has 2 aromatic heterocycles. The number of nitrogens with zero attached hydrogens (tertiary/aromatic N) is 5. The van der Waals surface area contributed by atoms with Gasteiger partial charge >= 0.3 is 35.1 Å². The summed E-state index contributed by atoms with van der Waals surface area (Å²) in [7, 11) is -8.06. The Bertz CT molecular complexity index is 4310. The van der Waals surface area contributed by atoms with E-state index in [1.165, 1.54) is 13.2 Å². The summed E-state index contributed by atoms with van der Waals surface area (Å²) in [5.74, 6) is 3.29. The first-order chi connectivity index (χ1) is 42.5. The van der Waals surface area contributed by atoms with Crippen molar-refractivity contribution in [2.45, 2.75) is 57.7 Å². The van der Waals surface area contributed by atoms with Crippen LogP contribution in [0.3, 0.4) is 0 Å². The number of amides is 4. The number of aromatic nitrogens is 3. The van der Waals surface area contributed by atoms with Crippen LogP contribution < -0.4 is 42.0 Å². The van der Waals surface area contributed by atoms with Gasteiger partial charge in [0.1, 0.15) is 49.9 Å². The molecule has 30 nitrogen and oxygen atoms in total. The van der Waals surface area contributed by atoms with Crippen molar-refractivity contribution in [3.63, 3.8) is 0 Å². The van der Waals surface area contributed by atoms with E-state index in [0.29, 0.717) is 16.9 Å². The van der Waals surface area contributed by atoms with Crippen LogP contribution in [0.4, 0.5) is 5.69 Å². The van der Waals surface area contributed by atoms with E-state index in [9.17, 15) is 62.2 Å². The molecule has 0 radical (unpaired) electrons. The van der Waals surface area contributed by atoms with Crippen molar-refractivity contribution in [2.24, 2.45) is 0 Å². The summed E-state index contributed by atoms with van der Waals surface area (Å²) >= 11 is 0. The summed E-state index contributed by atoms with van der Waals surface area (Å²) in [5.41, 5.74) is 3.11. The quantitative estimate of drug-likeness (QED) is 0.0105. The number of aliphatic hydroxyl groups is 1. The number of hydrogen-bond donors (Lipinski definition) is 9. The Labute approximate surface area is 512 Å². The van der Waals surface area contributed by atoms with Crippen LogP contribution in [0.2, 0.25) is 0 Å². The third-order valence-corrected chi connectivity index (χ3v) is 18.0. The number of methoxy groups -OCH3 is 1. The average Bonchev–Trinajstić information content (AvgIpc) is 1.07. The van der Waals surface area contributed by atoms with Crippen LogP contribution in [0.15, 0.2) is 105 Å². The number of anilines is 1. The lowest BCUT2D eigenvalue weighted by atomic mass is 9.89. The molecule has 5 atom stereocenters. The maximum atomic E-state index is 13.6. The van der Waals surface area contributed by atoms with Gasteiger partial charge in [0, 0.05) is 123 Å². The van der Waals surface area contributed by atoms with Crippen LogP contribution >= 0.6 is 23.5 Å². The monoisotopic (exact) mass is 1300 g/mol. The van der Waals surface area contributed by atoms with Crippen molar-refractivity contribution in [3.8, 4) is 34.3 Å². The summed E-state index contributed by atoms with van der Waals surface area (Å²) in [5, 5.41) is 21.1. The minimum absolute atomic E-state index is 0.0513. The van der Waals surface area contributed by atoms with Crippen molar-refractivity contribution in [1.82, 2.24) is 39.5 Å². The third-order valence-electron chi connectivity index (χ3n) is 14.2. The molecule has 5 aromatic rings. The van der Waals surface area contributed by atoms with Crippen molar-refractivity contribution >= 4 is 80.6 Å². The summed E-state index contributed by atoms with van der Waals surface area (Å²) < 4.78 is 68.2. The van der Waals surface area contributed by atoms with Crippen molar-refractivity contribution in [1.29, 1.82) is 0 Å². The van der Waals surface area contributed by atoms with Gasteiger partial charge in [0.25, 0.3) is 11.5 Å². The second-order valence-corrected chi connectivity index (χ2v) is 25.2. The molecule has 0 spiro atoms. The molecule has 1 fully saturated rings. The van der Waals surface area contributed by atoms with Crippen molar-refractivity contribution < 1.29 is 89.4 Å². The molecule has 1 aliphatic carbocycles. The smallest absolute Gasteiger partial charge is 0.465 e. The van der Waals surface area contributed by atoms with Crippen molar-refractivity contribution in [2.75, 3.05) is 73.0 Å². The minimum Gasteiger partial charge on any atom is -0.465 e. The van der Waals surface area contributed by atoms with E-state index in [4.69, 9.17) is 23.7 Å². The number of para-hydroxylation sites is 1. The third kappa shape index (κ3) is 16.9. The zero-order chi connectivity index (χ0) is 65.4. The predicted octanol–water partition coefficient (Wildman–Crippen LogP) is 2.73. The van der Waals surface area contributed by atoms with Crippen LogP contribution in [-0.2, 0) is 63.8 Å². The standard InChI is InChI=1S/C57H64N9O21P3/c1-7-64(51(70)21-20-49(68)58-22-10-11-35-31-66(57(74)61-55(35)72)52-28-45(67)48(85-52)33-83-89(78,79)87-90(80,81)86-88(75,76)77)29-36-30-65(44-13-9-8-12-39(36)44)32-50(69)59-23-24-60-54(71)34-14-17-40(43(25-34)56(73)82-6)53-41-18-15-37(62(2)3)26-46(41)84-47-27-38(63(4)5)16-19-42(47)53/h8-9,12-19,25-27,30-31,45,48,52,67H,7,20-24,28-29,32-33H2,1-6H3,(H7-,58,59,60,61,68,69,71,72,74,75,76,77,78,79,80,81)/p+1. The number of hydrogen-bond acceptors (Lipinski definition) is 18. The maximum Gasteiger partial charge on any atom is 0.490 e. The molecule has 3 aromatic carbocycles. The van der Waals surface area contributed by atoms with Gasteiger partial charge in [-0.3, -0.25) is 38.0 Å². The van der Waals surface area contributed by atoms with Crippen LogP contribution in [0, 0.1) is 11.8 Å². The number of H-pyrrole nitrogens is 1. The van der Waals surface area contributed by atoms with E-state index >= 15 is 0 Å². The average molecular weight is 1310 g/mol. The van der Waals surface area contributed by atoms with E-state index in [2.05, 4.69) is 40.9 Å². The molecule has 0 saturated carbocycles. The normalized spacial score (nSPS) is 16.1. The summed E-state index contributed by atoms with van der Waals surface area (Å²) in [6, 6.07) is 23.8. The van der Waals surface area contributed by atoms with E-state index in [0.717, 1.165) is 54.8 Å². The molecular formula is C57H65N9O21P3+. The van der Waals surface area contributed by atoms with Crippen LogP contribution in [0.1, 0.15) is 64.3 Å². The Morgan fingerprint density at radius 1 is 0.844 bits per heavy atom. The first-order valence-corrected chi connectivity index (χ1v) is 32.1. The summed E-state index contributed by atoms with van der Waals surface area (Å²) in [4.78, 5) is 134. The molecule has 0 bridgehead atoms. The number of nitrogens with one attached hydrogen (secondary N) is 4. The summed E-state index contributed by atoms with van der Waals surface area (Å²) in [6.45, 7) is 0.930. The molecular weight excluding hydrogens is 1240 g/mol. The second-order valence-electron chi connectivity index (χ2n) is 20.8. The van der Waals surface area contributed by atoms with Crippen LogP contribution in [0.5, 0.6) is 0 Å². The SMILES string of the molecule is CCN(Cc1cn(CC(=O)NCCNC(=O)c2ccc(-c3c4ccc(=[N+](C)C)cc-4oc4cc(N(C)C)ccc34)c(C(=O)OC)c2)c2ccccc12)C(=O)CCC(=O)NCC#Cc1cn(C2CC(O)C(COP(=O)(O)OP(=O)(O)OP(=O)(O)O)O2)c(=O)[nH]c1=O. The number of phosphoric ester groups is 1. The number of esters is 1. The number of carbonyl (C=O) groups is 5. The molecule has 4 heterocycles. The van der Waals surface area contributed by atoms with Gasteiger partial charge in [-0.1, -0.05) is 36.1 Å². The number of carbonyl (C=O) groups excluding carboxylic acids is 5. The molecule has 8 rings (SSSR count). The highest BCUT2D eigenvalue weighted by Crippen LogP contribution is 2.66. The van der Waals surface area contributed by atoms with Crippen LogP contribution in [-0.4, -0.2) is 154 Å². The van der Waals surface area contributed by atoms with E-state index in [-0.39, 0.29) is 87.0 Å². The first kappa shape index (κ1) is 67.5. The van der Waals surface area contributed by atoms with E-state index in [1.54, 1.807) is 34.7 Å². The zero-order valence-corrected chi connectivity index (χ0v) is 52.0. The first-order valence-electron chi connectivity index (χ1n) is 27.6. The van der Waals surface area contributed by atoms with Gasteiger partial charge in [-0.2, -0.15) is 8.62 Å². The van der Waals surface area contributed by atoms with Gasteiger partial charge in [-0.05, 0) is 54.4 Å². The van der Waals surface area contributed by atoms with Gasteiger partial charge in [0.2, 0.25) is 23.1 Å². The molecule has 1 saturated heterocycles. The Balaban J connectivity index is 0.823. The van der Waals surface area contributed by atoms with E-state index in [1.807, 2.05) is 103 Å². The molecule has 3 aliphatic rings. The van der Waals surface area contributed by atoms with Gasteiger partial charge in [0.15, 0.2) is 0 Å². The Morgan fingerprint density at radius 2 is 1.58 bits per heavy atom. The summed E-state index contributed by atoms with van der Waals surface area (Å²) in [6.07, 6.45) is -2.30. The molecule has 9 N–H and O–H groups in total. The minimum atomic E-state index is -5.82. The highest BCUT2D eigenvalue weighted by Gasteiger charge is 2.43. The van der Waals surface area contributed by atoms with Gasteiger partial charge in [0.05, 0.1) is 38.0 Å². The van der Waals surface area contributed by atoms with Crippen molar-refractivity contribution in [3.05, 3.63) is 140 Å². The van der Waals surface area contributed by atoms with Crippen LogP contribution in [0.25, 0.3) is 44.3 Å². The molecule has 5 unspecified atom stereocenters. The van der Waals surface area contributed by atoms with E-state index < -0.39 is 77.5 Å². The molecule has 4 amide bonds. The number of aromatic amines is 1. The predicted molar refractivity (Wildman–Crippen MR) is 324 cm³/mol. The number of aliphatic hydroxyl groups excluding tert-OH is 1. The number of rotatable bonds is 24. The fourth-order valence-electron chi connectivity index (χ4n) is 9.79. The highest BCUT2D eigenvalue weighted by molar-refractivity contribution is 7.66. The topological polar surface area (TPSA) is 402 Å². The lowest BCUT2D eigenvalue weighted by molar-refractivity contribution is -0.133. The molecule has 2 aliphatic heterocycles. The van der Waals surface area contributed by atoms with Gasteiger partial charge in [-0.25, -0.2) is 27.9 Å². The fourth-order valence-corrected chi connectivity index (χ4v) is 12.8. The number of phosphoric acid groups is 3. The lowest BCUT2D eigenvalue weighted by Gasteiger charge is -2.20. The zero-order valence-electron chi connectivity index (χ0n) is 49.3. The number of fused-ring (bicyclic) bond motifs is 3. The lowest BCUT2D eigenvalue weighted by Crippen LogP contribution is -2.36. The second kappa shape index (κ2) is 28.6. The highest BCUT2D eigenvalue weighted by atomic mass is 31.3. The van der Waals surface area contributed by atoms with Gasteiger partial charge < -0.3 is 68.9 Å². The largest absolute Gasteiger partial charge is 0.490 e. The Kier molecular flexibility index (Phi) is 21.5. The Hall–Kier alpha value is -8.39. The maximum absolute atomic E-state index is 13.6. The number of benzene rings is 4. The fraction of sp³-hybridized carbons (Fsp3) is 0.333. The molecule has 90 heavy (non-hydrogen) atoms.